The molecule has 8 nitrogen and oxygen atoms in total. The standard InChI is InChI=1S/C11H20O8/c1-4-7(14)10(6(3-13)17-4)19-11-9(16)8(15)5(2-12)18-11/h4-16H,2-3H2,1H3/t4-,5-,6-,7?,8+,9?,10+,11-/m0/s1. The van der Waals surface area contributed by atoms with Crippen molar-refractivity contribution in [3.8, 4) is 0 Å². The Hall–Kier alpha value is -0.320. The first-order valence-electron chi connectivity index (χ1n) is 6.22. The number of aliphatic hydroxyl groups is 5. The first-order valence-corrected chi connectivity index (χ1v) is 6.22. The number of hydrogen-bond acceptors (Lipinski definition) is 8. The molecule has 112 valence electrons. The lowest BCUT2D eigenvalue weighted by Crippen LogP contribution is -2.43. The lowest BCUT2D eigenvalue weighted by Gasteiger charge is -2.25. The van der Waals surface area contributed by atoms with Gasteiger partial charge in [-0.1, -0.05) is 0 Å². The van der Waals surface area contributed by atoms with Crippen molar-refractivity contribution in [2.75, 3.05) is 13.2 Å². The summed E-state index contributed by atoms with van der Waals surface area (Å²) in [7, 11) is 0. The second kappa shape index (κ2) is 5.98. The van der Waals surface area contributed by atoms with E-state index in [9.17, 15) is 15.3 Å². The van der Waals surface area contributed by atoms with E-state index in [0.717, 1.165) is 0 Å². The molecule has 2 aliphatic rings. The van der Waals surface area contributed by atoms with Gasteiger partial charge in [-0.3, -0.25) is 0 Å². The highest BCUT2D eigenvalue weighted by Gasteiger charge is 2.49. The molecule has 2 fully saturated rings. The molecule has 5 N–H and O–H groups in total. The Bertz CT molecular complexity index is 300. The Kier molecular flexibility index (Phi) is 4.75. The van der Waals surface area contributed by atoms with Gasteiger partial charge in [-0.05, 0) is 6.92 Å². The van der Waals surface area contributed by atoms with E-state index in [1.54, 1.807) is 6.92 Å². The van der Waals surface area contributed by atoms with Crippen LogP contribution in [0.4, 0.5) is 0 Å². The van der Waals surface area contributed by atoms with E-state index in [1.165, 1.54) is 0 Å². The fourth-order valence-corrected chi connectivity index (χ4v) is 2.37. The fourth-order valence-electron chi connectivity index (χ4n) is 2.37. The molecule has 8 atom stereocenters. The van der Waals surface area contributed by atoms with Gasteiger partial charge in [0.05, 0.1) is 19.3 Å². The van der Waals surface area contributed by atoms with Gasteiger partial charge in [0.1, 0.15) is 36.6 Å². The van der Waals surface area contributed by atoms with Gasteiger partial charge in [-0.25, -0.2) is 0 Å². The minimum atomic E-state index is -1.33. The third kappa shape index (κ3) is 2.76. The summed E-state index contributed by atoms with van der Waals surface area (Å²) >= 11 is 0. The van der Waals surface area contributed by atoms with Crippen LogP contribution in [0.15, 0.2) is 0 Å². The Labute approximate surface area is 110 Å². The van der Waals surface area contributed by atoms with Crippen molar-refractivity contribution in [3.05, 3.63) is 0 Å². The molecule has 0 amide bonds. The molecule has 0 aliphatic carbocycles. The van der Waals surface area contributed by atoms with Crippen LogP contribution in [-0.4, -0.2) is 87.8 Å². The minimum Gasteiger partial charge on any atom is -0.394 e. The molecule has 0 spiro atoms. The van der Waals surface area contributed by atoms with Crippen LogP contribution in [-0.2, 0) is 14.2 Å². The molecule has 2 unspecified atom stereocenters. The molecule has 0 bridgehead atoms. The van der Waals surface area contributed by atoms with Crippen LogP contribution in [0, 0.1) is 0 Å². The smallest absolute Gasteiger partial charge is 0.187 e. The van der Waals surface area contributed by atoms with Crippen molar-refractivity contribution in [3.63, 3.8) is 0 Å². The molecular weight excluding hydrogens is 260 g/mol. The van der Waals surface area contributed by atoms with E-state index >= 15 is 0 Å². The third-order valence-electron chi connectivity index (χ3n) is 3.54. The Morgan fingerprint density at radius 1 is 0.895 bits per heavy atom. The van der Waals surface area contributed by atoms with Gasteiger partial charge in [0.25, 0.3) is 0 Å². The summed E-state index contributed by atoms with van der Waals surface area (Å²) in [6, 6.07) is 0. The van der Waals surface area contributed by atoms with Crippen molar-refractivity contribution >= 4 is 0 Å². The molecule has 2 aliphatic heterocycles. The largest absolute Gasteiger partial charge is 0.394 e. The second-order valence-electron chi connectivity index (χ2n) is 4.86. The lowest BCUT2D eigenvalue weighted by molar-refractivity contribution is -0.214. The molecule has 19 heavy (non-hydrogen) atoms. The number of aliphatic hydroxyl groups excluding tert-OH is 5. The predicted octanol–water partition coefficient (Wildman–Crippen LogP) is -3.05. The average Bonchev–Trinajstić information content (AvgIpc) is 2.83. The highest BCUT2D eigenvalue weighted by molar-refractivity contribution is 4.93. The molecular formula is C11H20O8. The third-order valence-corrected chi connectivity index (χ3v) is 3.54. The predicted molar refractivity (Wildman–Crippen MR) is 60.1 cm³/mol. The zero-order valence-corrected chi connectivity index (χ0v) is 10.5. The van der Waals surface area contributed by atoms with E-state index in [0.29, 0.717) is 0 Å². The van der Waals surface area contributed by atoms with E-state index in [1.807, 2.05) is 0 Å². The lowest BCUT2D eigenvalue weighted by atomic mass is 10.1. The van der Waals surface area contributed by atoms with E-state index in [2.05, 4.69) is 0 Å². The van der Waals surface area contributed by atoms with Crippen molar-refractivity contribution in [2.45, 2.75) is 55.9 Å². The van der Waals surface area contributed by atoms with Gasteiger partial charge in [0.15, 0.2) is 6.29 Å². The van der Waals surface area contributed by atoms with Crippen molar-refractivity contribution in [1.29, 1.82) is 0 Å². The maximum atomic E-state index is 9.88. The van der Waals surface area contributed by atoms with Gasteiger partial charge in [-0.2, -0.15) is 0 Å². The zero-order chi connectivity index (χ0) is 14.2. The van der Waals surface area contributed by atoms with Crippen LogP contribution < -0.4 is 0 Å². The topological polar surface area (TPSA) is 129 Å². The summed E-state index contributed by atoms with van der Waals surface area (Å²) in [4.78, 5) is 0. The molecule has 2 rings (SSSR count). The van der Waals surface area contributed by atoms with Crippen LogP contribution in [0.25, 0.3) is 0 Å². The van der Waals surface area contributed by atoms with Crippen LogP contribution in [0.5, 0.6) is 0 Å². The van der Waals surface area contributed by atoms with Crippen LogP contribution in [0.2, 0.25) is 0 Å². The minimum absolute atomic E-state index is 0.346. The Morgan fingerprint density at radius 2 is 1.53 bits per heavy atom. The Morgan fingerprint density at radius 3 is 2.05 bits per heavy atom. The average molecular weight is 280 g/mol. The normalized spacial score (nSPS) is 50.8. The van der Waals surface area contributed by atoms with Crippen LogP contribution >= 0.6 is 0 Å². The number of rotatable bonds is 4. The highest BCUT2D eigenvalue weighted by atomic mass is 16.7. The fraction of sp³-hybridized carbons (Fsp3) is 1.00. The van der Waals surface area contributed by atoms with Crippen molar-refractivity contribution in [1.82, 2.24) is 0 Å². The summed E-state index contributed by atoms with van der Waals surface area (Å²) in [6.45, 7) is 0.830. The SMILES string of the molecule is C[C@@H]1O[C@@H](CO)[C@@H](O[C@@H]2O[C@@H](CO)[C@@H](O)C2O)C1O. The van der Waals surface area contributed by atoms with Gasteiger partial charge < -0.3 is 39.7 Å². The Balaban J connectivity index is 2.00. The van der Waals surface area contributed by atoms with Crippen molar-refractivity contribution < 1.29 is 39.7 Å². The molecule has 0 saturated carbocycles. The molecule has 0 aromatic rings. The van der Waals surface area contributed by atoms with E-state index < -0.39 is 55.6 Å². The second-order valence-corrected chi connectivity index (χ2v) is 4.86. The summed E-state index contributed by atoms with van der Waals surface area (Å²) < 4.78 is 15.8. The quantitative estimate of drug-likeness (QED) is 0.367. The molecule has 8 heteroatoms. The summed E-state index contributed by atoms with van der Waals surface area (Å²) in [5, 5.41) is 47.3. The molecule has 0 aromatic heterocycles. The molecule has 0 aromatic carbocycles. The van der Waals surface area contributed by atoms with Gasteiger partial charge in [0.2, 0.25) is 0 Å². The monoisotopic (exact) mass is 280 g/mol. The molecule has 0 radical (unpaired) electrons. The first-order chi connectivity index (χ1) is 8.99. The summed E-state index contributed by atoms with van der Waals surface area (Å²) in [5.41, 5.74) is 0. The summed E-state index contributed by atoms with van der Waals surface area (Å²) in [5.74, 6) is 0. The maximum Gasteiger partial charge on any atom is 0.187 e. The molecule has 2 heterocycles. The first kappa shape index (κ1) is 15.1. The van der Waals surface area contributed by atoms with Crippen LogP contribution in [0.3, 0.4) is 0 Å². The van der Waals surface area contributed by atoms with Gasteiger partial charge >= 0.3 is 0 Å². The van der Waals surface area contributed by atoms with Gasteiger partial charge in [0, 0.05) is 0 Å². The number of hydrogen-bond donors (Lipinski definition) is 5. The van der Waals surface area contributed by atoms with Crippen molar-refractivity contribution in [2.24, 2.45) is 0 Å². The maximum absolute atomic E-state index is 9.88. The molecule has 2 saturated heterocycles. The van der Waals surface area contributed by atoms with Gasteiger partial charge in [-0.15, -0.1) is 0 Å². The van der Waals surface area contributed by atoms with E-state index in [-0.39, 0.29) is 6.61 Å². The number of ether oxygens (including phenoxy) is 3. The zero-order valence-electron chi connectivity index (χ0n) is 10.5. The highest BCUT2D eigenvalue weighted by Crippen LogP contribution is 2.29. The van der Waals surface area contributed by atoms with Crippen LogP contribution in [0.1, 0.15) is 6.92 Å². The summed E-state index contributed by atoms with van der Waals surface area (Å²) in [6.07, 6.45) is -7.81. The van der Waals surface area contributed by atoms with E-state index in [4.69, 9.17) is 24.4 Å².